The first-order valence-electron chi connectivity index (χ1n) is 8.72. The number of allylic oxidation sites excluding steroid dienone is 1. The first-order valence-corrected chi connectivity index (χ1v) is 8.72. The van der Waals surface area contributed by atoms with Crippen LogP contribution in [0.1, 0.15) is 24.0 Å². The SMILES string of the molecule is CN=CC(=CN)c1ccc(C=N)c(Nc2ccnc(N3CCCC3)c2)c1. The van der Waals surface area contributed by atoms with E-state index in [1.807, 2.05) is 30.5 Å². The first-order chi connectivity index (χ1) is 12.7. The second-order valence-electron chi connectivity index (χ2n) is 6.18. The van der Waals surface area contributed by atoms with E-state index in [0.29, 0.717) is 0 Å². The third kappa shape index (κ3) is 3.91. The number of hydrogen-bond acceptors (Lipinski definition) is 6. The number of aliphatic imine (C=N–C) groups is 1. The molecule has 0 radical (unpaired) electrons. The predicted molar refractivity (Wildman–Crippen MR) is 110 cm³/mol. The van der Waals surface area contributed by atoms with E-state index in [-0.39, 0.29) is 0 Å². The summed E-state index contributed by atoms with van der Waals surface area (Å²) in [4.78, 5) is 10.8. The van der Waals surface area contributed by atoms with Crippen LogP contribution in [0.25, 0.3) is 5.57 Å². The molecule has 1 aliphatic heterocycles. The molecular weight excluding hydrogens is 324 g/mol. The van der Waals surface area contributed by atoms with Gasteiger partial charge >= 0.3 is 0 Å². The molecule has 1 aromatic carbocycles. The maximum atomic E-state index is 7.68. The number of benzene rings is 1. The molecule has 26 heavy (non-hydrogen) atoms. The van der Waals surface area contributed by atoms with E-state index in [1.54, 1.807) is 13.3 Å². The van der Waals surface area contributed by atoms with E-state index in [1.165, 1.54) is 25.3 Å². The molecule has 0 saturated carbocycles. The Hall–Kier alpha value is -3.15. The van der Waals surface area contributed by atoms with Crippen molar-refractivity contribution in [3.8, 4) is 0 Å². The average Bonchev–Trinajstić information content (AvgIpc) is 3.21. The highest BCUT2D eigenvalue weighted by atomic mass is 15.2. The fourth-order valence-corrected chi connectivity index (χ4v) is 3.09. The molecule has 0 unspecified atom stereocenters. The number of aromatic nitrogens is 1. The second kappa shape index (κ2) is 8.29. The fraction of sp³-hybridized carbons (Fsp3) is 0.250. The van der Waals surface area contributed by atoms with Gasteiger partial charge in [0.1, 0.15) is 5.82 Å². The van der Waals surface area contributed by atoms with Crippen molar-refractivity contribution < 1.29 is 0 Å². The standard InChI is InChI=1S/C20H24N6/c1-23-14-17(13-22)15-4-5-16(12-21)19(10-15)25-18-6-7-24-20(11-18)26-8-2-3-9-26/h4-7,10-14,21H,2-3,8-9,22H2,1H3,(H,24,25). The van der Waals surface area contributed by atoms with Crippen molar-refractivity contribution >= 4 is 35.2 Å². The molecule has 2 aromatic rings. The molecule has 0 amide bonds. The van der Waals surface area contributed by atoms with E-state index in [4.69, 9.17) is 11.1 Å². The van der Waals surface area contributed by atoms with E-state index in [2.05, 4.69) is 26.3 Å². The predicted octanol–water partition coefficient (Wildman–Crippen LogP) is 3.42. The monoisotopic (exact) mass is 348 g/mol. The Morgan fingerprint density at radius 2 is 2.08 bits per heavy atom. The summed E-state index contributed by atoms with van der Waals surface area (Å²) in [5.41, 5.74) is 10.1. The molecule has 0 spiro atoms. The van der Waals surface area contributed by atoms with Gasteiger partial charge in [0.15, 0.2) is 0 Å². The zero-order valence-corrected chi connectivity index (χ0v) is 14.9. The summed E-state index contributed by atoms with van der Waals surface area (Å²) in [6, 6.07) is 9.82. The van der Waals surface area contributed by atoms with Crippen molar-refractivity contribution in [2.75, 3.05) is 30.4 Å². The van der Waals surface area contributed by atoms with Crippen LogP contribution < -0.4 is 16.0 Å². The molecule has 6 heteroatoms. The summed E-state index contributed by atoms with van der Waals surface area (Å²) in [7, 11) is 1.71. The van der Waals surface area contributed by atoms with Crippen molar-refractivity contribution in [3.05, 3.63) is 53.9 Å². The molecule has 1 aromatic heterocycles. The van der Waals surface area contributed by atoms with Crippen LogP contribution in [0.5, 0.6) is 0 Å². The van der Waals surface area contributed by atoms with Crippen LogP contribution in [-0.4, -0.2) is 37.6 Å². The molecule has 1 saturated heterocycles. The van der Waals surface area contributed by atoms with Gasteiger partial charge in [-0.1, -0.05) is 12.1 Å². The van der Waals surface area contributed by atoms with Gasteiger partial charge in [-0.15, -0.1) is 0 Å². The van der Waals surface area contributed by atoms with Gasteiger partial charge < -0.3 is 21.4 Å². The van der Waals surface area contributed by atoms with Gasteiger partial charge in [-0.3, -0.25) is 4.99 Å². The topological polar surface area (TPSA) is 90.4 Å². The van der Waals surface area contributed by atoms with Crippen LogP contribution in [-0.2, 0) is 0 Å². The molecule has 6 nitrogen and oxygen atoms in total. The van der Waals surface area contributed by atoms with Crippen molar-refractivity contribution in [1.82, 2.24) is 4.98 Å². The Labute approximate surface area is 154 Å². The van der Waals surface area contributed by atoms with Gasteiger partial charge in [0.2, 0.25) is 0 Å². The number of hydrogen-bond donors (Lipinski definition) is 3. The molecule has 2 heterocycles. The van der Waals surface area contributed by atoms with Gasteiger partial charge in [0, 0.05) is 73.5 Å². The summed E-state index contributed by atoms with van der Waals surface area (Å²) < 4.78 is 0. The molecule has 1 fully saturated rings. The van der Waals surface area contributed by atoms with Crippen molar-refractivity contribution in [3.63, 3.8) is 0 Å². The third-order valence-corrected chi connectivity index (χ3v) is 4.44. The van der Waals surface area contributed by atoms with Crippen LogP contribution >= 0.6 is 0 Å². The molecular formula is C20H24N6. The number of pyridine rings is 1. The maximum absolute atomic E-state index is 7.68. The summed E-state index contributed by atoms with van der Waals surface area (Å²) >= 11 is 0. The smallest absolute Gasteiger partial charge is 0.130 e. The van der Waals surface area contributed by atoms with E-state index < -0.39 is 0 Å². The van der Waals surface area contributed by atoms with Crippen molar-refractivity contribution in [1.29, 1.82) is 5.41 Å². The lowest BCUT2D eigenvalue weighted by atomic mass is 10.0. The van der Waals surface area contributed by atoms with Gasteiger partial charge in [-0.05, 0) is 30.5 Å². The van der Waals surface area contributed by atoms with E-state index in [9.17, 15) is 0 Å². The lowest BCUT2D eigenvalue weighted by Crippen LogP contribution is -2.18. The largest absolute Gasteiger partial charge is 0.404 e. The third-order valence-electron chi connectivity index (χ3n) is 4.44. The lowest BCUT2D eigenvalue weighted by molar-refractivity contribution is 0.938. The summed E-state index contributed by atoms with van der Waals surface area (Å²) in [6.45, 7) is 2.11. The fourth-order valence-electron chi connectivity index (χ4n) is 3.09. The Bertz CT molecular complexity index is 834. The minimum Gasteiger partial charge on any atom is -0.404 e. The highest BCUT2D eigenvalue weighted by Crippen LogP contribution is 2.27. The molecule has 0 bridgehead atoms. The van der Waals surface area contributed by atoms with Crippen LogP contribution in [0, 0.1) is 5.41 Å². The number of nitrogens with one attached hydrogen (secondary N) is 2. The quantitative estimate of drug-likeness (QED) is 0.698. The molecule has 3 rings (SSSR count). The van der Waals surface area contributed by atoms with Crippen molar-refractivity contribution in [2.24, 2.45) is 10.7 Å². The van der Waals surface area contributed by atoms with Crippen LogP contribution in [0.3, 0.4) is 0 Å². The van der Waals surface area contributed by atoms with Crippen molar-refractivity contribution in [2.45, 2.75) is 12.8 Å². The zero-order chi connectivity index (χ0) is 18.4. The van der Waals surface area contributed by atoms with Gasteiger partial charge in [-0.25, -0.2) is 4.98 Å². The molecule has 134 valence electrons. The molecule has 0 atom stereocenters. The number of nitrogens with two attached hydrogens (primary N) is 1. The number of anilines is 3. The average molecular weight is 348 g/mol. The first kappa shape index (κ1) is 17.7. The Kier molecular flexibility index (Phi) is 5.63. The minimum absolute atomic E-state index is 0.804. The maximum Gasteiger partial charge on any atom is 0.130 e. The lowest BCUT2D eigenvalue weighted by Gasteiger charge is -2.18. The Morgan fingerprint density at radius 1 is 1.27 bits per heavy atom. The molecule has 1 aliphatic rings. The second-order valence-corrected chi connectivity index (χ2v) is 6.18. The van der Waals surface area contributed by atoms with E-state index in [0.717, 1.165) is 47.0 Å². The van der Waals surface area contributed by atoms with Crippen LogP contribution in [0.4, 0.5) is 17.2 Å². The number of rotatable bonds is 6. The van der Waals surface area contributed by atoms with Gasteiger partial charge in [0.25, 0.3) is 0 Å². The van der Waals surface area contributed by atoms with Crippen LogP contribution in [0.2, 0.25) is 0 Å². The Morgan fingerprint density at radius 3 is 2.77 bits per heavy atom. The van der Waals surface area contributed by atoms with E-state index >= 15 is 0 Å². The number of nitrogens with zero attached hydrogens (tertiary/aromatic N) is 3. The Balaban J connectivity index is 1.91. The van der Waals surface area contributed by atoms with Gasteiger partial charge in [-0.2, -0.15) is 0 Å². The highest BCUT2D eigenvalue weighted by Gasteiger charge is 2.14. The highest BCUT2D eigenvalue weighted by molar-refractivity contribution is 6.10. The summed E-state index contributed by atoms with van der Waals surface area (Å²) in [5.74, 6) is 0.987. The molecule has 0 aliphatic carbocycles. The summed E-state index contributed by atoms with van der Waals surface area (Å²) in [6.07, 6.45) is 8.85. The van der Waals surface area contributed by atoms with Gasteiger partial charge in [0.05, 0.1) is 0 Å². The normalized spacial score (nSPS) is 14.8. The van der Waals surface area contributed by atoms with Crippen LogP contribution in [0.15, 0.2) is 47.7 Å². The zero-order valence-electron chi connectivity index (χ0n) is 14.9. The summed E-state index contributed by atoms with van der Waals surface area (Å²) in [5, 5.41) is 11.1. The molecule has 4 N–H and O–H groups in total. The minimum atomic E-state index is 0.804.